The van der Waals surface area contributed by atoms with Crippen molar-refractivity contribution >= 4 is 34.2 Å². The Labute approximate surface area is 143 Å². The number of aromatic nitrogens is 1. The van der Waals surface area contributed by atoms with Gasteiger partial charge in [0.25, 0.3) is 5.91 Å². The van der Waals surface area contributed by atoms with Crippen molar-refractivity contribution in [2.24, 2.45) is 16.5 Å². The van der Waals surface area contributed by atoms with Crippen LogP contribution in [-0.4, -0.2) is 22.8 Å². The maximum atomic E-state index is 11.5. The zero-order valence-electron chi connectivity index (χ0n) is 13.3. The highest BCUT2D eigenvalue weighted by Gasteiger charge is 2.05. The lowest BCUT2D eigenvalue weighted by molar-refractivity contribution is -0.117. The Kier molecular flexibility index (Phi) is 6.02. The van der Waals surface area contributed by atoms with E-state index in [1.54, 1.807) is 0 Å². The first kappa shape index (κ1) is 17.6. The Morgan fingerprint density at radius 3 is 2.46 bits per heavy atom. The molecule has 1 heterocycles. The van der Waals surface area contributed by atoms with Crippen LogP contribution in [0.15, 0.2) is 34.6 Å². The van der Waals surface area contributed by atoms with E-state index < -0.39 is 0 Å². The van der Waals surface area contributed by atoms with Crippen LogP contribution in [0.5, 0.6) is 0 Å². The number of hydrogen-bond acceptors (Lipinski definition) is 4. The number of benzene rings is 1. The quantitative estimate of drug-likeness (QED) is 0.536. The predicted octanol–water partition coefficient (Wildman–Crippen LogP) is 1.23. The lowest BCUT2D eigenvalue weighted by Crippen LogP contribution is -2.24. The fourth-order valence-electron chi connectivity index (χ4n) is 2.08. The number of guanidine groups is 1. The molecule has 0 saturated heterocycles. The SMILES string of the molecule is CC(=O)Nc1nc(CCc2ccc(CC(=O)N=C(N)N)cc2)cs1. The molecule has 0 atom stereocenters. The molecule has 0 bridgehead atoms. The molecule has 1 aromatic carbocycles. The van der Waals surface area contributed by atoms with Gasteiger partial charge in [-0.05, 0) is 24.0 Å². The van der Waals surface area contributed by atoms with Crippen molar-refractivity contribution in [2.75, 3.05) is 5.32 Å². The summed E-state index contributed by atoms with van der Waals surface area (Å²) in [7, 11) is 0. The van der Waals surface area contributed by atoms with Gasteiger partial charge in [-0.15, -0.1) is 11.3 Å². The molecule has 5 N–H and O–H groups in total. The minimum absolute atomic E-state index is 0.123. The Morgan fingerprint density at radius 1 is 1.17 bits per heavy atom. The molecule has 8 heteroatoms. The average molecular weight is 345 g/mol. The third-order valence-electron chi connectivity index (χ3n) is 3.14. The smallest absolute Gasteiger partial charge is 0.253 e. The highest BCUT2D eigenvalue weighted by molar-refractivity contribution is 7.13. The van der Waals surface area contributed by atoms with Crippen molar-refractivity contribution in [1.82, 2.24) is 4.98 Å². The minimum Gasteiger partial charge on any atom is -0.370 e. The lowest BCUT2D eigenvalue weighted by Gasteiger charge is -2.02. The largest absolute Gasteiger partial charge is 0.370 e. The summed E-state index contributed by atoms with van der Waals surface area (Å²) in [6.45, 7) is 1.46. The molecule has 0 aliphatic rings. The molecule has 0 radical (unpaired) electrons. The number of carbonyl (C=O) groups is 2. The monoisotopic (exact) mass is 345 g/mol. The van der Waals surface area contributed by atoms with Crippen LogP contribution >= 0.6 is 11.3 Å². The second-order valence-electron chi connectivity index (χ2n) is 5.25. The van der Waals surface area contributed by atoms with Gasteiger partial charge in [-0.2, -0.15) is 4.99 Å². The fraction of sp³-hybridized carbons (Fsp3) is 0.250. The molecule has 0 unspecified atom stereocenters. The third kappa shape index (κ3) is 5.81. The number of carbonyl (C=O) groups excluding carboxylic acids is 2. The van der Waals surface area contributed by atoms with E-state index in [1.165, 1.54) is 18.3 Å². The van der Waals surface area contributed by atoms with Crippen LogP contribution < -0.4 is 16.8 Å². The number of amides is 2. The van der Waals surface area contributed by atoms with Gasteiger partial charge in [-0.1, -0.05) is 24.3 Å². The van der Waals surface area contributed by atoms with Crippen molar-refractivity contribution < 1.29 is 9.59 Å². The lowest BCUT2D eigenvalue weighted by atomic mass is 10.0. The highest BCUT2D eigenvalue weighted by Crippen LogP contribution is 2.17. The zero-order chi connectivity index (χ0) is 17.5. The Morgan fingerprint density at radius 2 is 1.83 bits per heavy atom. The normalized spacial score (nSPS) is 10.2. The van der Waals surface area contributed by atoms with Crippen molar-refractivity contribution in [3.8, 4) is 0 Å². The van der Waals surface area contributed by atoms with Crippen molar-refractivity contribution in [2.45, 2.75) is 26.2 Å². The first-order valence-corrected chi connectivity index (χ1v) is 8.22. The highest BCUT2D eigenvalue weighted by atomic mass is 32.1. The van der Waals surface area contributed by atoms with Gasteiger partial charge in [0.15, 0.2) is 11.1 Å². The van der Waals surface area contributed by atoms with Gasteiger partial charge in [0.05, 0.1) is 12.1 Å². The van der Waals surface area contributed by atoms with E-state index in [9.17, 15) is 9.59 Å². The number of aliphatic imine (C=N–C) groups is 1. The Balaban J connectivity index is 1.87. The van der Waals surface area contributed by atoms with Gasteiger partial charge in [-0.3, -0.25) is 9.59 Å². The van der Waals surface area contributed by atoms with Crippen LogP contribution in [0.2, 0.25) is 0 Å². The van der Waals surface area contributed by atoms with Crippen LogP contribution in [0.3, 0.4) is 0 Å². The van der Waals surface area contributed by atoms with Crippen molar-refractivity contribution in [1.29, 1.82) is 0 Å². The van der Waals surface area contributed by atoms with E-state index in [1.807, 2.05) is 29.6 Å². The van der Waals surface area contributed by atoms with Crippen LogP contribution in [0, 0.1) is 0 Å². The number of rotatable bonds is 6. The van der Waals surface area contributed by atoms with Gasteiger partial charge >= 0.3 is 0 Å². The molecule has 1 aromatic heterocycles. The van der Waals surface area contributed by atoms with E-state index in [-0.39, 0.29) is 24.2 Å². The fourth-order valence-corrected chi connectivity index (χ4v) is 2.87. The number of aryl methyl sites for hydroxylation is 2. The van der Waals surface area contributed by atoms with Gasteiger partial charge in [0.2, 0.25) is 5.91 Å². The van der Waals surface area contributed by atoms with Gasteiger partial charge in [0, 0.05) is 12.3 Å². The van der Waals surface area contributed by atoms with E-state index >= 15 is 0 Å². The van der Waals surface area contributed by atoms with E-state index in [4.69, 9.17) is 11.5 Å². The van der Waals surface area contributed by atoms with E-state index in [0.717, 1.165) is 29.7 Å². The van der Waals surface area contributed by atoms with Crippen LogP contribution in [-0.2, 0) is 28.9 Å². The molecule has 0 saturated carbocycles. The standard InChI is InChI=1S/C16H19N5O2S/c1-10(22)19-16-20-13(9-24-16)7-6-11-2-4-12(5-3-11)8-14(23)21-15(17)18/h2-5,9H,6-8H2,1H3,(H,19,20,22)(H4,17,18,21,23). The number of anilines is 1. The molecule has 2 aromatic rings. The number of nitrogens with one attached hydrogen (secondary N) is 1. The Hall–Kier alpha value is -2.74. The topological polar surface area (TPSA) is 123 Å². The number of nitrogens with two attached hydrogens (primary N) is 2. The molecule has 126 valence electrons. The van der Waals surface area contributed by atoms with Gasteiger partial charge < -0.3 is 16.8 Å². The maximum Gasteiger partial charge on any atom is 0.253 e. The molecule has 0 aliphatic carbocycles. The molecule has 0 fully saturated rings. The van der Waals surface area contributed by atoms with Gasteiger partial charge in [-0.25, -0.2) is 4.98 Å². The summed E-state index contributed by atoms with van der Waals surface area (Å²) in [5.74, 6) is -0.712. The average Bonchev–Trinajstić information content (AvgIpc) is 2.92. The maximum absolute atomic E-state index is 11.5. The summed E-state index contributed by atoms with van der Waals surface area (Å²) in [6, 6.07) is 7.72. The van der Waals surface area contributed by atoms with E-state index in [2.05, 4.69) is 15.3 Å². The second kappa shape index (κ2) is 8.21. The summed E-state index contributed by atoms with van der Waals surface area (Å²) in [5, 5.41) is 5.23. The first-order chi connectivity index (χ1) is 11.4. The van der Waals surface area contributed by atoms with Crippen LogP contribution in [0.4, 0.5) is 5.13 Å². The third-order valence-corrected chi connectivity index (χ3v) is 3.94. The second-order valence-corrected chi connectivity index (χ2v) is 6.11. The molecular weight excluding hydrogens is 326 g/mol. The van der Waals surface area contributed by atoms with Gasteiger partial charge in [0.1, 0.15) is 0 Å². The molecule has 0 aliphatic heterocycles. The van der Waals surface area contributed by atoms with Crippen LogP contribution in [0.25, 0.3) is 0 Å². The number of nitrogens with zero attached hydrogens (tertiary/aromatic N) is 2. The molecule has 7 nitrogen and oxygen atoms in total. The summed E-state index contributed by atoms with van der Waals surface area (Å²) in [5.41, 5.74) is 13.3. The summed E-state index contributed by atoms with van der Waals surface area (Å²) in [4.78, 5) is 30.3. The van der Waals surface area contributed by atoms with Crippen molar-refractivity contribution in [3.63, 3.8) is 0 Å². The molecular formula is C16H19N5O2S. The Bertz CT molecular complexity index is 748. The minimum atomic E-state index is -0.365. The van der Waals surface area contributed by atoms with Crippen LogP contribution in [0.1, 0.15) is 23.7 Å². The molecule has 2 rings (SSSR count). The summed E-state index contributed by atoms with van der Waals surface area (Å²) in [6.07, 6.45) is 1.78. The van der Waals surface area contributed by atoms with Crippen molar-refractivity contribution in [3.05, 3.63) is 46.5 Å². The molecule has 24 heavy (non-hydrogen) atoms. The number of hydrogen-bond donors (Lipinski definition) is 3. The summed E-state index contributed by atoms with van der Waals surface area (Å²) < 4.78 is 0. The predicted molar refractivity (Wildman–Crippen MR) is 94.8 cm³/mol. The zero-order valence-corrected chi connectivity index (χ0v) is 14.1. The van der Waals surface area contributed by atoms with E-state index in [0.29, 0.717) is 5.13 Å². The molecule has 0 spiro atoms. The summed E-state index contributed by atoms with van der Waals surface area (Å²) >= 11 is 1.41. The number of thiazole rings is 1. The molecule has 2 amide bonds. The first-order valence-electron chi connectivity index (χ1n) is 7.34.